The SMILES string of the molecule is O=C(ON1CCSc2ccccc2C1)c1ccc2ncccc2c1. The smallest absolute Gasteiger partial charge is 0.357 e. The Morgan fingerprint density at radius 3 is 3.00 bits per heavy atom. The Kier molecular flexibility index (Phi) is 4.19. The van der Waals surface area contributed by atoms with E-state index < -0.39 is 0 Å². The molecule has 2 aromatic carbocycles. The first kappa shape index (κ1) is 15.2. The van der Waals surface area contributed by atoms with Gasteiger partial charge in [0.05, 0.1) is 17.6 Å². The third-order valence-corrected chi connectivity index (χ3v) is 5.06. The molecule has 5 heteroatoms. The number of rotatable bonds is 2. The van der Waals surface area contributed by atoms with Gasteiger partial charge in [0.15, 0.2) is 0 Å². The van der Waals surface area contributed by atoms with Crippen molar-refractivity contribution in [3.63, 3.8) is 0 Å². The highest BCUT2D eigenvalue weighted by atomic mass is 32.2. The maximum atomic E-state index is 12.5. The standard InChI is InChI=1S/C19H16N2O2S/c22-19(15-7-8-17-14(12-15)5-3-9-20-17)23-21-10-11-24-18-6-2-1-4-16(18)13-21/h1-9,12H,10-11,13H2. The van der Waals surface area contributed by atoms with Crippen LogP contribution >= 0.6 is 11.8 Å². The molecule has 2 heterocycles. The molecule has 0 atom stereocenters. The van der Waals surface area contributed by atoms with E-state index in [4.69, 9.17) is 4.84 Å². The van der Waals surface area contributed by atoms with Gasteiger partial charge in [0.2, 0.25) is 0 Å². The number of carbonyl (C=O) groups is 1. The molecule has 1 aliphatic rings. The minimum Gasteiger partial charge on any atom is -0.364 e. The van der Waals surface area contributed by atoms with Crippen molar-refractivity contribution < 1.29 is 9.63 Å². The number of hydroxylamine groups is 2. The number of fused-ring (bicyclic) bond motifs is 2. The Morgan fingerprint density at radius 1 is 1.12 bits per heavy atom. The first-order valence-electron chi connectivity index (χ1n) is 7.82. The van der Waals surface area contributed by atoms with Crippen molar-refractivity contribution >= 4 is 28.6 Å². The second kappa shape index (κ2) is 6.63. The summed E-state index contributed by atoms with van der Waals surface area (Å²) in [6.07, 6.45) is 1.74. The van der Waals surface area contributed by atoms with Gasteiger partial charge in [0, 0.05) is 28.8 Å². The number of nitrogens with zero attached hydrogens (tertiary/aromatic N) is 2. The van der Waals surface area contributed by atoms with Crippen molar-refractivity contribution in [1.29, 1.82) is 0 Å². The number of benzene rings is 2. The maximum absolute atomic E-state index is 12.5. The van der Waals surface area contributed by atoms with Crippen LogP contribution in [-0.4, -0.2) is 28.3 Å². The molecule has 0 amide bonds. The Bertz CT molecular complexity index is 897. The van der Waals surface area contributed by atoms with Gasteiger partial charge < -0.3 is 4.84 Å². The zero-order chi connectivity index (χ0) is 16.4. The normalized spacial score (nSPS) is 14.8. The first-order valence-corrected chi connectivity index (χ1v) is 8.81. The molecule has 1 aromatic heterocycles. The van der Waals surface area contributed by atoms with E-state index in [1.807, 2.05) is 36.4 Å². The number of carbonyl (C=O) groups excluding carboxylic acids is 1. The summed E-state index contributed by atoms with van der Waals surface area (Å²) in [7, 11) is 0. The highest BCUT2D eigenvalue weighted by molar-refractivity contribution is 7.99. The average molecular weight is 336 g/mol. The van der Waals surface area contributed by atoms with E-state index in [1.54, 1.807) is 29.1 Å². The first-order chi connectivity index (χ1) is 11.8. The fourth-order valence-electron chi connectivity index (χ4n) is 2.75. The highest BCUT2D eigenvalue weighted by Gasteiger charge is 2.19. The fraction of sp³-hybridized carbons (Fsp3) is 0.158. The summed E-state index contributed by atoms with van der Waals surface area (Å²) < 4.78 is 0. The summed E-state index contributed by atoms with van der Waals surface area (Å²) in [5, 5.41) is 2.68. The van der Waals surface area contributed by atoms with Crippen molar-refractivity contribution in [1.82, 2.24) is 10.0 Å². The van der Waals surface area contributed by atoms with Crippen LogP contribution < -0.4 is 0 Å². The van der Waals surface area contributed by atoms with Crippen LogP contribution in [0.5, 0.6) is 0 Å². The maximum Gasteiger partial charge on any atom is 0.357 e. The van der Waals surface area contributed by atoms with Crippen LogP contribution in [0.25, 0.3) is 10.9 Å². The molecule has 120 valence electrons. The molecule has 0 aliphatic carbocycles. The zero-order valence-electron chi connectivity index (χ0n) is 13.0. The molecule has 3 aromatic rings. The fourth-order valence-corrected chi connectivity index (χ4v) is 3.76. The minimum absolute atomic E-state index is 0.329. The van der Waals surface area contributed by atoms with Crippen molar-refractivity contribution in [3.8, 4) is 0 Å². The van der Waals surface area contributed by atoms with E-state index in [-0.39, 0.29) is 5.97 Å². The molecule has 0 saturated carbocycles. The number of aromatic nitrogens is 1. The number of thioether (sulfide) groups is 1. The van der Waals surface area contributed by atoms with E-state index in [1.165, 1.54) is 10.5 Å². The van der Waals surface area contributed by atoms with E-state index in [2.05, 4.69) is 17.1 Å². The average Bonchev–Trinajstić information content (AvgIpc) is 2.83. The van der Waals surface area contributed by atoms with Gasteiger partial charge in [-0.2, -0.15) is 0 Å². The molecule has 0 saturated heterocycles. The Hall–Kier alpha value is -2.37. The van der Waals surface area contributed by atoms with Crippen LogP contribution in [0.3, 0.4) is 0 Å². The third-order valence-electron chi connectivity index (χ3n) is 3.97. The minimum atomic E-state index is -0.329. The van der Waals surface area contributed by atoms with Crippen LogP contribution in [0.15, 0.2) is 65.7 Å². The largest absolute Gasteiger partial charge is 0.364 e. The predicted molar refractivity (Wildman–Crippen MR) is 94.7 cm³/mol. The number of hydrogen-bond donors (Lipinski definition) is 0. The second-order valence-electron chi connectivity index (χ2n) is 5.61. The van der Waals surface area contributed by atoms with Crippen molar-refractivity contribution in [2.75, 3.05) is 12.3 Å². The summed E-state index contributed by atoms with van der Waals surface area (Å²) in [5.41, 5.74) is 2.60. The lowest BCUT2D eigenvalue weighted by Gasteiger charge is -2.19. The summed E-state index contributed by atoms with van der Waals surface area (Å²) >= 11 is 1.80. The van der Waals surface area contributed by atoms with Crippen molar-refractivity contribution in [2.24, 2.45) is 0 Å². The van der Waals surface area contributed by atoms with Crippen LogP contribution in [0.4, 0.5) is 0 Å². The number of hydrogen-bond acceptors (Lipinski definition) is 5. The molecule has 4 nitrogen and oxygen atoms in total. The lowest BCUT2D eigenvalue weighted by atomic mass is 10.1. The number of pyridine rings is 1. The van der Waals surface area contributed by atoms with Gasteiger partial charge in [-0.1, -0.05) is 24.3 Å². The Morgan fingerprint density at radius 2 is 2.04 bits per heavy atom. The summed E-state index contributed by atoms with van der Waals surface area (Å²) in [6.45, 7) is 1.32. The summed E-state index contributed by atoms with van der Waals surface area (Å²) in [5.74, 6) is 0.566. The third kappa shape index (κ3) is 3.13. The molecule has 1 aliphatic heterocycles. The summed E-state index contributed by atoms with van der Waals surface area (Å²) in [4.78, 5) is 23.6. The molecule has 0 N–H and O–H groups in total. The zero-order valence-corrected chi connectivity index (χ0v) is 13.8. The molecule has 0 fully saturated rings. The van der Waals surface area contributed by atoms with Gasteiger partial charge in [0.1, 0.15) is 0 Å². The molecular formula is C19H16N2O2S. The van der Waals surface area contributed by atoms with Gasteiger partial charge in [-0.25, -0.2) is 4.79 Å². The van der Waals surface area contributed by atoms with Gasteiger partial charge in [0.25, 0.3) is 0 Å². The molecule has 24 heavy (non-hydrogen) atoms. The van der Waals surface area contributed by atoms with Crippen LogP contribution in [-0.2, 0) is 11.4 Å². The molecule has 0 unspecified atom stereocenters. The summed E-state index contributed by atoms with van der Waals surface area (Å²) in [6, 6.07) is 17.5. The lowest BCUT2D eigenvalue weighted by Crippen LogP contribution is -2.28. The topological polar surface area (TPSA) is 42.4 Å². The van der Waals surface area contributed by atoms with Gasteiger partial charge in [-0.3, -0.25) is 4.98 Å². The second-order valence-corrected chi connectivity index (χ2v) is 6.75. The van der Waals surface area contributed by atoms with Gasteiger partial charge in [-0.05, 0) is 35.9 Å². The Labute approximate surface area is 144 Å². The van der Waals surface area contributed by atoms with E-state index in [0.29, 0.717) is 18.7 Å². The van der Waals surface area contributed by atoms with Gasteiger partial charge in [-0.15, -0.1) is 16.8 Å². The molecular weight excluding hydrogens is 320 g/mol. The predicted octanol–water partition coefficient (Wildman–Crippen LogP) is 3.91. The van der Waals surface area contributed by atoms with E-state index in [0.717, 1.165) is 16.7 Å². The molecule has 4 rings (SSSR count). The van der Waals surface area contributed by atoms with Crippen LogP contribution in [0.1, 0.15) is 15.9 Å². The van der Waals surface area contributed by atoms with Crippen molar-refractivity contribution in [3.05, 3.63) is 71.9 Å². The molecule has 0 bridgehead atoms. The quantitative estimate of drug-likeness (QED) is 0.710. The Balaban J connectivity index is 1.52. The molecule has 0 spiro atoms. The monoisotopic (exact) mass is 336 g/mol. The van der Waals surface area contributed by atoms with Crippen molar-refractivity contribution in [2.45, 2.75) is 11.4 Å². The lowest BCUT2D eigenvalue weighted by molar-refractivity contribution is -0.112. The van der Waals surface area contributed by atoms with Gasteiger partial charge >= 0.3 is 5.97 Å². The van der Waals surface area contributed by atoms with E-state index in [9.17, 15) is 4.79 Å². The van der Waals surface area contributed by atoms with E-state index >= 15 is 0 Å². The van der Waals surface area contributed by atoms with Crippen LogP contribution in [0.2, 0.25) is 0 Å². The molecule has 0 radical (unpaired) electrons. The van der Waals surface area contributed by atoms with Crippen LogP contribution in [0, 0.1) is 0 Å². The highest BCUT2D eigenvalue weighted by Crippen LogP contribution is 2.27.